The summed E-state index contributed by atoms with van der Waals surface area (Å²) in [4.78, 5) is 8.99. The lowest BCUT2D eigenvalue weighted by molar-refractivity contribution is 0.139. The van der Waals surface area contributed by atoms with Crippen LogP contribution in [0.1, 0.15) is 31.4 Å². The third-order valence-corrected chi connectivity index (χ3v) is 5.98. The Morgan fingerprint density at radius 2 is 2.00 bits per heavy atom. The van der Waals surface area contributed by atoms with Gasteiger partial charge >= 0.3 is 0 Å². The fraction of sp³-hybridized carbons (Fsp3) is 0.368. The van der Waals surface area contributed by atoms with Crippen LogP contribution in [0.25, 0.3) is 11.0 Å². The molecule has 0 amide bonds. The maximum absolute atomic E-state index is 10.1. The molecule has 4 rings (SSSR count). The monoisotopic (exact) mass is 339 g/mol. The molecule has 124 valence electrons. The Bertz CT molecular complexity index is 823. The molecular weight excluding hydrogens is 318 g/mol. The standard InChI is InChI=1S/C19H21N3OS/c1-13-9-15(10-17(13)23)22-8-7-16-18(22)20-12-21-19(16)24-11-14-5-3-2-4-6-14/h2-8,12-13,15,17,23H,9-11H2,1H3/t13-,15+,17-/m0/s1. The summed E-state index contributed by atoms with van der Waals surface area (Å²) in [6.07, 6.45) is 5.35. The number of nitrogens with zero attached hydrogens (tertiary/aromatic N) is 3. The largest absolute Gasteiger partial charge is 0.393 e. The highest BCUT2D eigenvalue weighted by Crippen LogP contribution is 2.37. The molecule has 0 aliphatic heterocycles. The van der Waals surface area contributed by atoms with Gasteiger partial charge in [0, 0.05) is 18.0 Å². The Hall–Kier alpha value is -1.85. The van der Waals surface area contributed by atoms with Gasteiger partial charge in [0.25, 0.3) is 0 Å². The first-order valence-electron chi connectivity index (χ1n) is 8.38. The van der Waals surface area contributed by atoms with E-state index >= 15 is 0 Å². The van der Waals surface area contributed by atoms with Gasteiger partial charge in [-0.1, -0.05) is 37.3 Å². The van der Waals surface area contributed by atoms with Gasteiger partial charge in [-0.15, -0.1) is 11.8 Å². The summed E-state index contributed by atoms with van der Waals surface area (Å²) in [6.45, 7) is 2.12. The van der Waals surface area contributed by atoms with E-state index in [2.05, 4.69) is 58.0 Å². The summed E-state index contributed by atoms with van der Waals surface area (Å²) in [5, 5.41) is 12.2. The first kappa shape index (κ1) is 15.7. The van der Waals surface area contributed by atoms with E-state index in [0.29, 0.717) is 12.0 Å². The summed E-state index contributed by atoms with van der Waals surface area (Å²) in [5.74, 6) is 1.25. The van der Waals surface area contributed by atoms with Gasteiger partial charge in [-0.25, -0.2) is 9.97 Å². The molecule has 0 spiro atoms. The van der Waals surface area contributed by atoms with Crippen molar-refractivity contribution in [2.24, 2.45) is 5.92 Å². The van der Waals surface area contributed by atoms with Gasteiger partial charge in [0.2, 0.25) is 0 Å². The smallest absolute Gasteiger partial charge is 0.144 e. The van der Waals surface area contributed by atoms with E-state index in [-0.39, 0.29) is 6.10 Å². The van der Waals surface area contributed by atoms with E-state index in [4.69, 9.17) is 0 Å². The number of benzene rings is 1. The Morgan fingerprint density at radius 3 is 2.75 bits per heavy atom. The van der Waals surface area contributed by atoms with Crippen LogP contribution in [0, 0.1) is 5.92 Å². The number of aliphatic hydroxyl groups excluding tert-OH is 1. The number of thioether (sulfide) groups is 1. The average molecular weight is 339 g/mol. The second-order valence-corrected chi connectivity index (χ2v) is 7.55. The topological polar surface area (TPSA) is 50.9 Å². The lowest BCUT2D eigenvalue weighted by Crippen LogP contribution is -2.08. The normalized spacial score (nSPS) is 23.8. The molecule has 0 radical (unpaired) electrons. The van der Waals surface area contributed by atoms with E-state index in [1.54, 1.807) is 18.1 Å². The molecule has 1 saturated carbocycles. The zero-order valence-corrected chi connectivity index (χ0v) is 14.5. The molecule has 5 heteroatoms. The fourth-order valence-electron chi connectivity index (χ4n) is 3.50. The first-order chi connectivity index (χ1) is 11.7. The highest BCUT2D eigenvalue weighted by Gasteiger charge is 2.31. The molecule has 2 aromatic heterocycles. The Balaban J connectivity index is 1.60. The number of hydrogen-bond acceptors (Lipinski definition) is 4. The van der Waals surface area contributed by atoms with Crippen molar-refractivity contribution in [2.45, 2.75) is 42.7 Å². The molecule has 1 aromatic carbocycles. The summed E-state index contributed by atoms with van der Waals surface area (Å²) < 4.78 is 2.22. The molecule has 1 N–H and O–H groups in total. The number of fused-ring (bicyclic) bond motifs is 1. The zero-order valence-electron chi connectivity index (χ0n) is 13.7. The zero-order chi connectivity index (χ0) is 16.5. The second kappa shape index (κ2) is 6.57. The minimum absolute atomic E-state index is 0.207. The van der Waals surface area contributed by atoms with E-state index in [1.807, 2.05) is 6.07 Å². The van der Waals surface area contributed by atoms with Crippen LogP contribution in [-0.2, 0) is 5.75 Å². The quantitative estimate of drug-likeness (QED) is 0.575. The number of hydrogen-bond donors (Lipinski definition) is 1. The van der Waals surface area contributed by atoms with Gasteiger partial charge in [-0.2, -0.15) is 0 Å². The maximum atomic E-state index is 10.1. The molecule has 4 nitrogen and oxygen atoms in total. The Morgan fingerprint density at radius 1 is 1.17 bits per heavy atom. The summed E-state index contributed by atoms with van der Waals surface area (Å²) in [7, 11) is 0. The van der Waals surface area contributed by atoms with Gasteiger partial charge in [0.05, 0.1) is 11.5 Å². The summed E-state index contributed by atoms with van der Waals surface area (Å²) in [6, 6.07) is 12.9. The van der Waals surface area contributed by atoms with Crippen molar-refractivity contribution in [1.29, 1.82) is 0 Å². The molecule has 24 heavy (non-hydrogen) atoms. The van der Waals surface area contributed by atoms with Gasteiger partial charge in [-0.05, 0) is 30.4 Å². The number of rotatable bonds is 4. The predicted molar refractivity (Wildman–Crippen MR) is 97.0 cm³/mol. The van der Waals surface area contributed by atoms with Crippen LogP contribution >= 0.6 is 11.8 Å². The Labute approximate surface area is 145 Å². The minimum atomic E-state index is -0.207. The Kier molecular flexibility index (Phi) is 4.29. The molecule has 3 aromatic rings. The van der Waals surface area contributed by atoms with Crippen LogP contribution in [0.5, 0.6) is 0 Å². The van der Waals surface area contributed by atoms with Gasteiger partial charge in [0.1, 0.15) is 17.0 Å². The van der Waals surface area contributed by atoms with Crippen LogP contribution < -0.4 is 0 Å². The third-order valence-electron chi connectivity index (χ3n) is 4.90. The third kappa shape index (κ3) is 2.94. The molecule has 3 atom stereocenters. The van der Waals surface area contributed by atoms with Crippen LogP contribution in [0.15, 0.2) is 53.9 Å². The SMILES string of the molecule is C[C@H]1C[C@@H](n2ccc3c(SCc4ccccc4)ncnc32)C[C@@H]1O. The molecule has 1 aliphatic rings. The number of aromatic nitrogens is 3. The van der Waals surface area contributed by atoms with Crippen molar-refractivity contribution in [3.05, 3.63) is 54.5 Å². The van der Waals surface area contributed by atoms with Crippen LogP contribution in [0.4, 0.5) is 0 Å². The lowest BCUT2D eigenvalue weighted by atomic mass is 10.1. The molecule has 0 saturated heterocycles. The van der Waals surface area contributed by atoms with E-state index in [0.717, 1.165) is 34.7 Å². The average Bonchev–Trinajstić information content (AvgIpc) is 3.18. The van der Waals surface area contributed by atoms with Crippen LogP contribution in [0.3, 0.4) is 0 Å². The van der Waals surface area contributed by atoms with E-state index in [9.17, 15) is 5.11 Å². The van der Waals surface area contributed by atoms with E-state index < -0.39 is 0 Å². The molecule has 1 aliphatic carbocycles. The second-order valence-electron chi connectivity index (χ2n) is 6.58. The minimum Gasteiger partial charge on any atom is -0.393 e. The molecule has 0 bridgehead atoms. The number of aliphatic hydroxyl groups is 1. The fourth-order valence-corrected chi connectivity index (χ4v) is 4.44. The van der Waals surface area contributed by atoms with Crippen molar-refractivity contribution < 1.29 is 5.11 Å². The summed E-state index contributed by atoms with van der Waals surface area (Å²) >= 11 is 1.75. The summed E-state index contributed by atoms with van der Waals surface area (Å²) in [5.41, 5.74) is 2.27. The van der Waals surface area contributed by atoms with E-state index in [1.165, 1.54) is 5.56 Å². The van der Waals surface area contributed by atoms with Gasteiger partial charge in [-0.3, -0.25) is 0 Å². The molecule has 0 unspecified atom stereocenters. The van der Waals surface area contributed by atoms with Crippen molar-refractivity contribution >= 4 is 22.8 Å². The highest BCUT2D eigenvalue weighted by molar-refractivity contribution is 7.98. The molecular formula is C19H21N3OS. The molecule has 1 fully saturated rings. The van der Waals surface area contributed by atoms with Crippen molar-refractivity contribution in [3.8, 4) is 0 Å². The van der Waals surface area contributed by atoms with Gasteiger partial charge < -0.3 is 9.67 Å². The van der Waals surface area contributed by atoms with Crippen molar-refractivity contribution in [1.82, 2.24) is 14.5 Å². The molecule has 2 heterocycles. The van der Waals surface area contributed by atoms with Crippen LogP contribution in [0.2, 0.25) is 0 Å². The van der Waals surface area contributed by atoms with Crippen molar-refractivity contribution in [3.63, 3.8) is 0 Å². The first-order valence-corrected chi connectivity index (χ1v) is 9.37. The maximum Gasteiger partial charge on any atom is 0.144 e. The van der Waals surface area contributed by atoms with Crippen LogP contribution in [-0.4, -0.2) is 25.7 Å². The van der Waals surface area contributed by atoms with Crippen molar-refractivity contribution in [2.75, 3.05) is 0 Å². The van der Waals surface area contributed by atoms with Gasteiger partial charge in [0.15, 0.2) is 0 Å². The lowest BCUT2D eigenvalue weighted by Gasteiger charge is -2.13. The predicted octanol–water partition coefficient (Wildman–Crippen LogP) is 4.06. The highest BCUT2D eigenvalue weighted by atomic mass is 32.2.